The van der Waals surface area contributed by atoms with E-state index in [1.807, 2.05) is 7.05 Å². The highest BCUT2D eigenvalue weighted by molar-refractivity contribution is 7.92. The van der Waals surface area contributed by atoms with E-state index in [0.717, 1.165) is 6.54 Å². The number of carbonyl (C=O) groups is 1. The lowest BCUT2D eigenvalue weighted by atomic mass is 10.1. The summed E-state index contributed by atoms with van der Waals surface area (Å²) in [5.41, 5.74) is 0.859. The molecule has 3 aromatic heterocycles. The second kappa shape index (κ2) is 14.2. The summed E-state index contributed by atoms with van der Waals surface area (Å²) in [6, 6.07) is 11.5. The average Bonchev–Trinajstić information content (AvgIpc) is 3.70. The zero-order valence-electron chi connectivity index (χ0n) is 24.5. The number of rotatable bonds is 13. The van der Waals surface area contributed by atoms with Crippen LogP contribution in [0, 0.1) is 0 Å². The summed E-state index contributed by atoms with van der Waals surface area (Å²) in [4.78, 5) is 39.0. The molecule has 44 heavy (non-hydrogen) atoms. The first-order valence-electron chi connectivity index (χ1n) is 14.0. The Kier molecular flexibility index (Phi) is 10.1. The maximum absolute atomic E-state index is 13.5. The number of likely N-dealkylation sites (N-methyl/N-ethyl adjacent to an activating group) is 1. The van der Waals surface area contributed by atoms with Crippen molar-refractivity contribution in [2.75, 3.05) is 38.7 Å². The number of pyridine rings is 1. The number of ether oxygens (including phenoxy) is 2. The van der Waals surface area contributed by atoms with Crippen molar-refractivity contribution in [2.24, 2.45) is 5.16 Å². The molecule has 0 bridgehead atoms. The van der Waals surface area contributed by atoms with Crippen LogP contribution >= 0.6 is 11.3 Å². The van der Waals surface area contributed by atoms with Gasteiger partial charge in [-0.25, -0.2) is 28.4 Å². The molecule has 1 aliphatic heterocycles. The summed E-state index contributed by atoms with van der Waals surface area (Å²) in [5, 5.41) is 6.54. The summed E-state index contributed by atoms with van der Waals surface area (Å²) in [5.74, 6) is 0.238. The Morgan fingerprint density at radius 1 is 1.16 bits per heavy atom. The van der Waals surface area contributed by atoms with E-state index in [2.05, 4.69) is 49.2 Å². The highest BCUT2D eigenvalue weighted by Crippen LogP contribution is 2.27. The number of sulfone groups is 1. The summed E-state index contributed by atoms with van der Waals surface area (Å²) >= 11 is 1.19. The van der Waals surface area contributed by atoms with Crippen molar-refractivity contribution in [1.29, 1.82) is 0 Å². The van der Waals surface area contributed by atoms with Gasteiger partial charge in [-0.1, -0.05) is 28.6 Å². The Morgan fingerprint density at radius 2 is 1.93 bits per heavy atom. The molecule has 0 radical (unpaired) electrons. The van der Waals surface area contributed by atoms with E-state index in [1.54, 1.807) is 30.6 Å². The van der Waals surface area contributed by atoms with Crippen LogP contribution in [-0.4, -0.2) is 89.6 Å². The van der Waals surface area contributed by atoms with Gasteiger partial charge in [0.15, 0.2) is 33.1 Å². The molecule has 4 aromatic rings. The zero-order valence-corrected chi connectivity index (χ0v) is 26.2. The molecule has 1 atom stereocenters. The summed E-state index contributed by atoms with van der Waals surface area (Å²) < 4.78 is 37.1. The third kappa shape index (κ3) is 7.72. The van der Waals surface area contributed by atoms with E-state index in [1.165, 1.54) is 35.6 Å². The molecule has 4 heterocycles. The molecule has 1 fully saturated rings. The van der Waals surface area contributed by atoms with Crippen LogP contribution in [0.5, 0.6) is 5.88 Å². The van der Waals surface area contributed by atoms with E-state index < -0.39 is 21.0 Å². The minimum atomic E-state index is -3.58. The van der Waals surface area contributed by atoms with Crippen molar-refractivity contribution in [2.45, 2.75) is 43.1 Å². The molecule has 0 saturated carbocycles. The predicted octanol–water partition coefficient (Wildman–Crippen LogP) is 3.32. The van der Waals surface area contributed by atoms with Crippen molar-refractivity contribution in [1.82, 2.24) is 24.8 Å². The maximum Gasteiger partial charge on any atom is 0.280 e. The van der Waals surface area contributed by atoms with Gasteiger partial charge in [-0.3, -0.25) is 10.1 Å². The molecule has 0 aliphatic carbocycles. The van der Waals surface area contributed by atoms with Gasteiger partial charge in [0.1, 0.15) is 17.0 Å². The van der Waals surface area contributed by atoms with Gasteiger partial charge in [0, 0.05) is 43.2 Å². The fourth-order valence-electron chi connectivity index (χ4n) is 4.18. The van der Waals surface area contributed by atoms with Crippen molar-refractivity contribution in [3.63, 3.8) is 0 Å². The number of amides is 1. The fraction of sp³-hybridized carbons (Fsp3) is 0.379. The highest BCUT2D eigenvalue weighted by Gasteiger charge is 2.31. The van der Waals surface area contributed by atoms with Gasteiger partial charge < -0.3 is 19.2 Å². The van der Waals surface area contributed by atoms with Crippen LogP contribution in [0.25, 0.3) is 10.3 Å². The second-order valence-electron chi connectivity index (χ2n) is 10.3. The fourth-order valence-corrected chi connectivity index (χ4v) is 6.59. The molecule has 1 amide bonds. The minimum absolute atomic E-state index is 0.0768. The second-order valence-corrected chi connectivity index (χ2v) is 13.5. The molecule has 1 saturated heterocycles. The standard InChI is InChI=1S/C29H33N7O6S2/c1-19(2)36(3)14-16-41-25-10-9-23-28(33-25)43-29(32-23)34-27(37)26(35-42-18-24-30-12-4-13-31-24)20-5-7-21(8-6-20)44(38,39)22-11-15-40-17-22/h4-10,12-13,19,22H,11,14-18H2,1-3H3,(H,32,34,37)/b35-26+/t22-/m0/s1. The number of fused-ring (bicyclic) bond motifs is 1. The first-order chi connectivity index (χ1) is 21.2. The molecule has 0 unspecified atom stereocenters. The van der Waals surface area contributed by atoms with Gasteiger partial charge in [-0.05, 0) is 51.6 Å². The Hall–Kier alpha value is -4.05. The van der Waals surface area contributed by atoms with Crippen LogP contribution in [0.2, 0.25) is 0 Å². The Bertz CT molecular complexity index is 1710. The smallest absolute Gasteiger partial charge is 0.280 e. The van der Waals surface area contributed by atoms with E-state index in [9.17, 15) is 13.2 Å². The van der Waals surface area contributed by atoms with Crippen LogP contribution in [0.15, 0.2) is 64.9 Å². The van der Waals surface area contributed by atoms with Crippen molar-refractivity contribution >= 4 is 48.3 Å². The van der Waals surface area contributed by atoms with Crippen molar-refractivity contribution < 1.29 is 27.5 Å². The molecule has 232 valence electrons. The molecule has 5 rings (SSSR count). The maximum atomic E-state index is 13.5. The first-order valence-corrected chi connectivity index (χ1v) is 16.4. The number of aromatic nitrogens is 4. The third-order valence-electron chi connectivity index (χ3n) is 6.99. The lowest BCUT2D eigenvalue weighted by Crippen LogP contribution is -2.30. The third-order valence-corrected chi connectivity index (χ3v) is 10.1. The van der Waals surface area contributed by atoms with Crippen LogP contribution in [0.4, 0.5) is 5.13 Å². The number of oxime groups is 1. The van der Waals surface area contributed by atoms with Gasteiger partial charge in [0.05, 0.1) is 16.8 Å². The van der Waals surface area contributed by atoms with Gasteiger partial charge in [0.2, 0.25) is 5.88 Å². The van der Waals surface area contributed by atoms with E-state index in [-0.39, 0.29) is 23.8 Å². The normalized spacial score (nSPS) is 15.7. The largest absolute Gasteiger partial charge is 0.476 e. The summed E-state index contributed by atoms with van der Waals surface area (Å²) in [6.45, 7) is 5.96. The number of thiazole rings is 1. The average molecular weight is 640 g/mol. The van der Waals surface area contributed by atoms with Crippen LogP contribution in [-0.2, 0) is 30.8 Å². The monoisotopic (exact) mass is 639 g/mol. The summed E-state index contributed by atoms with van der Waals surface area (Å²) in [6.07, 6.45) is 3.58. The van der Waals surface area contributed by atoms with Gasteiger partial charge >= 0.3 is 0 Å². The topological polar surface area (TPSA) is 158 Å². The molecular weight excluding hydrogens is 606 g/mol. The van der Waals surface area contributed by atoms with Crippen LogP contribution < -0.4 is 10.1 Å². The van der Waals surface area contributed by atoms with Gasteiger partial charge in [-0.15, -0.1) is 0 Å². The Labute approximate surface area is 259 Å². The number of hydrogen-bond acceptors (Lipinski definition) is 13. The molecule has 1 N–H and O–H groups in total. The van der Waals surface area contributed by atoms with E-state index in [0.29, 0.717) is 58.4 Å². The van der Waals surface area contributed by atoms with Crippen molar-refractivity contribution in [3.8, 4) is 5.88 Å². The molecule has 13 nitrogen and oxygen atoms in total. The SMILES string of the molecule is CC(C)N(C)CCOc1ccc2nc(NC(=O)/C(=N/OCc3ncccn3)c3ccc(S(=O)(=O)[C@H]4CCOC4)cc3)sc2n1. The Morgan fingerprint density at radius 3 is 2.64 bits per heavy atom. The molecule has 1 aromatic carbocycles. The first kappa shape index (κ1) is 31.4. The zero-order chi connectivity index (χ0) is 31.1. The molecule has 0 spiro atoms. The molecular formula is C29H33N7O6S2. The molecule has 1 aliphatic rings. The number of nitrogens with one attached hydrogen (secondary N) is 1. The van der Waals surface area contributed by atoms with E-state index in [4.69, 9.17) is 14.3 Å². The number of anilines is 1. The number of hydrogen-bond donors (Lipinski definition) is 1. The number of benzene rings is 1. The predicted molar refractivity (Wildman–Crippen MR) is 166 cm³/mol. The Balaban J connectivity index is 1.33. The lowest BCUT2D eigenvalue weighted by molar-refractivity contribution is -0.110. The van der Waals surface area contributed by atoms with Gasteiger partial charge in [0.25, 0.3) is 5.91 Å². The quantitative estimate of drug-likeness (QED) is 0.169. The lowest BCUT2D eigenvalue weighted by Gasteiger charge is -2.20. The van der Waals surface area contributed by atoms with Crippen LogP contribution in [0.1, 0.15) is 31.7 Å². The van der Waals surface area contributed by atoms with Crippen LogP contribution in [0.3, 0.4) is 0 Å². The number of nitrogens with zero attached hydrogens (tertiary/aromatic N) is 6. The van der Waals surface area contributed by atoms with E-state index >= 15 is 0 Å². The minimum Gasteiger partial charge on any atom is -0.476 e. The molecule has 15 heteroatoms. The highest BCUT2D eigenvalue weighted by atomic mass is 32.2. The number of carbonyl (C=O) groups excluding carboxylic acids is 1. The van der Waals surface area contributed by atoms with Crippen molar-refractivity contribution in [3.05, 3.63) is 66.2 Å². The van der Waals surface area contributed by atoms with Gasteiger partial charge in [-0.2, -0.15) is 0 Å². The summed E-state index contributed by atoms with van der Waals surface area (Å²) in [7, 11) is -1.55.